The molecule has 1 aromatic carbocycles. The van der Waals surface area contributed by atoms with Crippen molar-refractivity contribution in [1.29, 1.82) is 0 Å². The molecule has 0 saturated heterocycles. The number of nitrogens with two attached hydrogens (primary N) is 1. The van der Waals surface area contributed by atoms with Crippen molar-refractivity contribution in [3.05, 3.63) is 60.3 Å². The van der Waals surface area contributed by atoms with Crippen molar-refractivity contribution < 1.29 is 14.3 Å². The molecule has 0 bridgehead atoms. The van der Waals surface area contributed by atoms with E-state index in [-0.39, 0.29) is 23.6 Å². The van der Waals surface area contributed by atoms with Crippen LogP contribution in [0.3, 0.4) is 0 Å². The Morgan fingerprint density at radius 1 is 1.13 bits per heavy atom. The summed E-state index contributed by atoms with van der Waals surface area (Å²) in [5.74, 6) is 0.239. The number of primary amides is 1. The molecule has 1 amide bonds. The average Bonchev–Trinajstić information content (AvgIpc) is 2.73. The van der Waals surface area contributed by atoms with Gasteiger partial charge in [-0.15, -0.1) is 0 Å². The lowest BCUT2D eigenvalue weighted by molar-refractivity contribution is -0.119. The molecule has 11 heteroatoms. The molecule has 2 atom stereocenters. The second-order valence-electron chi connectivity index (χ2n) is 6.38. The molecule has 0 aliphatic carbocycles. The van der Waals surface area contributed by atoms with E-state index in [9.17, 15) is 14.3 Å². The molecule has 3 rings (SSSR count). The van der Waals surface area contributed by atoms with Crippen molar-refractivity contribution >= 4 is 29.3 Å². The van der Waals surface area contributed by atoms with Crippen molar-refractivity contribution in [2.45, 2.75) is 19.0 Å². The molecular formula is C19H21FN8O2. The molecule has 0 saturated carbocycles. The summed E-state index contributed by atoms with van der Waals surface area (Å²) >= 11 is 0. The van der Waals surface area contributed by atoms with Crippen LogP contribution in [0.2, 0.25) is 0 Å². The van der Waals surface area contributed by atoms with E-state index in [4.69, 9.17) is 5.73 Å². The van der Waals surface area contributed by atoms with Crippen LogP contribution in [-0.2, 0) is 4.79 Å². The van der Waals surface area contributed by atoms with Gasteiger partial charge in [-0.05, 0) is 24.6 Å². The summed E-state index contributed by atoms with van der Waals surface area (Å²) in [6, 6.07) is 6.32. The fourth-order valence-electron chi connectivity index (χ4n) is 2.56. The minimum Gasteiger partial charge on any atom is -0.394 e. The Labute approximate surface area is 171 Å². The highest BCUT2D eigenvalue weighted by Gasteiger charge is 2.16. The molecule has 30 heavy (non-hydrogen) atoms. The number of hydrogen-bond donors (Lipinski definition) is 5. The van der Waals surface area contributed by atoms with Crippen molar-refractivity contribution in [3.8, 4) is 0 Å². The zero-order valence-electron chi connectivity index (χ0n) is 16.1. The second kappa shape index (κ2) is 9.56. The minimum absolute atomic E-state index is 0.226. The summed E-state index contributed by atoms with van der Waals surface area (Å²) in [6.07, 6.45) is 4.57. The van der Waals surface area contributed by atoms with Crippen LogP contribution in [0.25, 0.3) is 0 Å². The maximum Gasteiger partial charge on any atom is 0.242 e. The lowest BCUT2D eigenvalue weighted by Gasteiger charge is -2.18. The van der Waals surface area contributed by atoms with Crippen LogP contribution in [0.15, 0.2) is 48.9 Å². The van der Waals surface area contributed by atoms with Crippen molar-refractivity contribution in [3.63, 3.8) is 0 Å². The van der Waals surface area contributed by atoms with Crippen LogP contribution in [0.1, 0.15) is 18.5 Å². The number of carbonyl (C=O) groups is 1. The van der Waals surface area contributed by atoms with Crippen LogP contribution >= 0.6 is 0 Å². The van der Waals surface area contributed by atoms with Gasteiger partial charge in [0.05, 0.1) is 18.8 Å². The summed E-state index contributed by atoms with van der Waals surface area (Å²) in [7, 11) is 0. The number of amides is 1. The number of benzene rings is 1. The summed E-state index contributed by atoms with van der Waals surface area (Å²) in [6.45, 7) is 1.37. The van der Waals surface area contributed by atoms with Gasteiger partial charge in [-0.3, -0.25) is 9.78 Å². The zero-order chi connectivity index (χ0) is 21.5. The Kier molecular flexibility index (Phi) is 6.65. The SMILES string of the molecule is C[C@H](Nc1nc(Nc2cnccn2)cc(N[C@@H](CO)C(N)=O)n1)c1ccc(F)cc1. The van der Waals surface area contributed by atoms with Crippen LogP contribution in [0, 0.1) is 5.82 Å². The Hall–Kier alpha value is -3.86. The normalized spacial score (nSPS) is 12.6. The number of halogens is 1. The van der Waals surface area contributed by atoms with E-state index < -0.39 is 18.6 Å². The van der Waals surface area contributed by atoms with Gasteiger partial charge in [0, 0.05) is 18.5 Å². The lowest BCUT2D eigenvalue weighted by Crippen LogP contribution is -2.38. The third kappa shape index (κ3) is 5.58. The second-order valence-corrected chi connectivity index (χ2v) is 6.38. The minimum atomic E-state index is -1.02. The highest BCUT2D eigenvalue weighted by Crippen LogP contribution is 2.22. The van der Waals surface area contributed by atoms with E-state index >= 15 is 0 Å². The first-order chi connectivity index (χ1) is 14.4. The zero-order valence-corrected chi connectivity index (χ0v) is 16.1. The van der Waals surface area contributed by atoms with E-state index in [0.717, 1.165) is 5.56 Å². The summed E-state index contributed by atoms with van der Waals surface area (Å²) in [5.41, 5.74) is 6.10. The Bertz CT molecular complexity index is 988. The number of aliphatic hydroxyl groups is 1. The van der Waals surface area contributed by atoms with Crippen molar-refractivity contribution in [2.75, 3.05) is 22.6 Å². The number of anilines is 4. The van der Waals surface area contributed by atoms with Crippen LogP contribution in [0.5, 0.6) is 0 Å². The third-order valence-electron chi connectivity index (χ3n) is 4.11. The summed E-state index contributed by atoms with van der Waals surface area (Å²) in [4.78, 5) is 28.3. The molecule has 0 fully saturated rings. The van der Waals surface area contributed by atoms with E-state index in [0.29, 0.717) is 11.6 Å². The highest BCUT2D eigenvalue weighted by molar-refractivity contribution is 5.83. The molecule has 156 valence electrons. The molecule has 0 spiro atoms. The van der Waals surface area contributed by atoms with Gasteiger partial charge in [0.15, 0.2) is 0 Å². The van der Waals surface area contributed by atoms with Gasteiger partial charge in [-0.2, -0.15) is 9.97 Å². The summed E-state index contributed by atoms with van der Waals surface area (Å²) in [5, 5.41) is 18.3. The molecule has 10 nitrogen and oxygen atoms in total. The molecule has 0 radical (unpaired) electrons. The van der Waals surface area contributed by atoms with Crippen molar-refractivity contribution in [1.82, 2.24) is 19.9 Å². The Balaban J connectivity index is 1.87. The van der Waals surface area contributed by atoms with E-state index in [1.54, 1.807) is 12.1 Å². The first kappa shape index (κ1) is 20.9. The number of carbonyl (C=O) groups excluding carboxylic acids is 1. The number of aliphatic hydroxyl groups excluding tert-OH is 1. The Morgan fingerprint density at radius 2 is 1.87 bits per heavy atom. The summed E-state index contributed by atoms with van der Waals surface area (Å²) < 4.78 is 13.2. The van der Waals surface area contributed by atoms with Crippen molar-refractivity contribution in [2.24, 2.45) is 5.73 Å². The number of aromatic nitrogens is 4. The van der Waals surface area contributed by atoms with Gasteiger partial charge >= 0.3 is 0 Å². The largest absolute Gasteiger partial charge is 0.394 e. The van der Waals surface area contributed by atoms with Crippen LogP contribution < -0.4 is 21.7 Å². The van der Waals surface area contributed by atoms with Gasteiger partial charge in [0.1, 0.15) is 29.3 Å². The average molecular weight is 412 g/mol. The van der Waals surface area contributed by atoms with Gasteiger partial charge in [0.2, 0.25) is 11.9 Å². The predicted octanol–water partition coefficient (Wildman–Crippen LogP) is 1.58. The standard InChI is InChI=1S/C19H21FN8O2/c1-11(12-2-4-13(20)5-3-12)24-19-27-15(25-14(10-29)18(21)30)8-16(28-19)26-17-9-22-6-7-23-17/h2-9,11,14,29H,10H2,1H3,(H2,21,30)(H3,23,24,25,26,27,28)/t11-,14-/m0/s1. The number of rotatable bonds is 9. The highest BCUT2D eigenvalue weighted by atomic mass is 19.1. The topological polar surface area (TPSA) is 151 Å². The van der Waals surface area contributed by atoms with E-state index in [1.807, 2.05) is 6.92 Å². The molecule has 0 aliphatic rings. The monoisotopic (exact) mass is 412 g/mol. The van der Waals surface area contributed by atoms with Gasteiger partial charge < -0.3 is 26.8 Å². The molecule has 0 aliphatic heterocycles. The maximum absolute atomic E-state index is 13.2. The molecular weight excluding hydrogens is 391 g/mol. The van der Waals surface area contributed by atoms with E-state index in [2.05, 4.69) is 35.9 Å². The van der Waals surface area contributed by atoms with E-state index in [1.165, 1.54) is 36.8 Å². The number of hydrogen-bond acceptors (Lipinski definition) is 9. The number of nitrogens with zero attached hydrogens (tertiary/aromatic N) is 4. The number of nitrogens with one attached hydrogen (secondary N) is 3. The smallest absolute Gasteiger partial charge is 0.242 e. The quantitative estimate of drug-likeness (QED) is 0.353. The lowest BCUT2D eigenvalue weighted by atomic mass is 10.1. The van der Waals surface area contributed by atoms with Gasteiger partial charge in [0.25, 0.3) is 0 Å². The van der Waals surface area contributed by atoms with Crippen LogP contribution in [0.4, 0.5) is 27.8 Å². The Morgan fingerprint density at radius 3 is 2.50 bits per heavy atom. The van der Waals surface area contributed by atoms with Gasteiger partial charge in [-0.1, -0.05) is 12.1 Å². The fraction of sp³-hybridized carbons (Fsp3) is 0.211. The molecule has 2 aromatic heterocycles. The maximum atomic E-state index is 13.2. The molecule has 6 N–H and O–H groups in total. The first-order valence-electron chi connectivity index (χ1n) is 9.05. The fourth-order valence-corrected chi connectivity index (χ4v) is 2.56. The molecule has 3 aromatic rings. The van der Waals surface area contributed by atoms with Crippen LogP contribution in [-0.4, -0.2) is 43.6 Å². The first-order valence-corrected chi connectivity index (χ1v) is 9.05. The van der Waals surface area contributed by atoms with Gasteiger partial charge in [-0.25, -0.2) is 9.37 Å². The molecule has 2 heterocycles. The predicted molar refractivity (Wildman–Crippen MR) is 109 cm³/mol. The molecule has 0 unspecified atom stereocenters. The third-order valence-corrected chi connectivity index (χ3v) is 4.11.